The van der Waals surface area contributed by atoms with Crippen LogP contribution in [0.2, 0.25) is 0 Å². The summed E-state index contributed by atoms with van der Waals surface area (Å²) in [7, 11) is -3.48. The lowest BCUT2D eigenvalue weighted by Gasteiger charge is -2.13. The lowest BCUT2D eigenvalue weighted by Crippen LogP contribution is -2.34. The van der Waals surface area contributed by atoms with Crippen molar-refractivity contribution in [1.82, 2.24) is 14.9 Å². The lowest BCUT2D eigenvalue weighted by molar-refractivity contribution is 0.500. The molecule has 1 saturated carbocycles. The summed E-state index contributed by atoms with van der Waals surface area (Å²) < 4.78 is 26.9. The zero-order valence-corrected chi connectivity index (χ0v) is 10.9. The molecule has 0 amide bonds. The van der Waals surface area contributed by atoms with Gasteiger partial charge in [-0.25, -0.2) is 13.1 Å². The van der Waals surface area contributed by atoms with E-state index >= 15 is 0 Å². The van der Waals surface area contributed by atoms with E-state index in [0.29, 0.717) is 24.5 Å². The van der Waals surface area contributed by atoms with Crippen molar-refractivity contribution in [3.8, 4) is 0 Å². The van der Waals surface area contributed by atoms with Crippen molar-refractivity contribution in [3.63, 3.8) is 0 Å². The van der Waals surface area contributed by atoms with E-state index in [2.05, 4.69) is 14.9 Å². The standard InChI is InChI=1S/C10H18N4O2S/c1-7-9(8(2)14-13-7)17(15,16)12-6-10(5-11)3-4-10/h12H,3-6,11H2,1-2H3,(H,13,14). The summed E-state index contributed by atoms with van der Waals surface area (Å²) in [6, 6.07) is 0. The largest absolute Gasteiger partial charge is 0.330 e. The summed E-state index contributed by atoms with van der Waals surface area (Å²) in [5.41, 5.74) is 6.66. The first-order valence-corrected chi connectivity index (χ1v) is 7.10. The number of aromatic nitrogens is 2. The highest BCUT2D eigenvalue weighted by atomic mass is 32.2. The number of nitrogens with two attached hydrogens (primary N) is 1. The number of aromatic amines is 1. The molecule has 0 unspecified atom stereocenters. The van der Waals surface area contributed by atoms with Gasteiger partial charge in [-0.1, -0.05) is 0 Å². The van der Waals surface area contributed by atoms with Crippen molar-refractivity contribution in [2.45, 2.75) is 31.6 Å². The fourth-order valence-electron chi connectivity index (χ4n) is 1.89. The molecule has 17 heavy (non-hydrogen) atoms. The van der Waals surface area contributed by atoms with E-state index in [-0.39, 0.29) is 10.3 Å². The van der Waals surface area contributed by atoms with Gasteiger partial charge in [-0.05, 0) is 38.6 Å². The van der Waals surface area contributed by atoms with Crippen LogP contribution < -0.4 is 10.5 Å². The van der Waals surface area contributed by atoms with Gasteiger partial charge in [0.1, 0.15) is 4.90 Å². The van der Waals surface area contributed by atoms with Crippen LogP contribution in [0.3, 0.4) is 0 Å². The molecule has 1 heterocycles. The van der Waals surface area contributed by atoms with Crippen LogP contribution in [-0.4, -0.2) is 31.7 Å². The number of hydrogen-bond acceptors (Lipinski definition) is 4. The third kappa shape index (κ3) is 2.36. The number of nitrogens with one attached hydrogen (secondary N) is 2. The van der Waals surface area contributed by atoms with Crippen molar-refractivity contribution >= 4 is 10.0 Å². The van der Waals surface area contributed by atoms with Gasteiger partial charge >= 0.3 is 0 Å². The molecule has 7 heteroatoms. The molecule has 0 bridgehead atoms. The highest BCUT2D eigenvalue weighted by molar-refractivity contribution is 7.89. The SMILES string of the molecule is Cc1n[nH]c(C)c1S(=O)(=O)NCC1(CN)CC1. The first-order valence-electron chi connectivity index (χ1n) is 5.61. The van der Waals surface area contributed by atoms with Gasteiger partial charge in [-0.2, -0.15) is 5.10 Å². The Morgan fingerprint density at radius 1 is 1.47 bits per heavy atom. The molecule has 1 aliphatic rings. The molecule has 0 aromatic carbocycles. The van der Waals surface area contributed by atoms with Gasteiger partial charge < -0.3 is 5.73 Å². The van der Waals surface area contributed by atoms with Crippen LogP contribution in [0.25, 0.3) is 0 Å². The molecule has 2 rings (SSSR count). The molecular formula is C10H18N4O2S. The molecule has 1 aromatic heterocycles. The van der Waals surface area contributed by atoms with E-state index < -0.39 is 10.0 Å². The molecule has 0 saturated heterocycles. The number of H-pyrrole nitrogens is 1. The van der Waals surface area contributed by atoms with Crippen molar-refractivity contribution in [1.29, 1.82) is 0 Å². The molecule has 1 aromatic rings. The Labute approximate surface area is 101 Å². The number of aryl methyl sites for hydroxylation is 2. The van der Waals surface area contributed by atoms with Crippen LogP contribution in [0.5, 0.6) is 0 Å². The van der Waals surface area contributed by atoms with Gasteiger partial charge in [-0.3, -0.25) is 5.10 Å². The average Bonchev–Trinajstić information content (AvgIpc) is 2.97. The van der Waals surface area contributed by atoms with Crippen molar-refractivity contribution in [3.05, 3.63) is 11.4 Å². The fourth-order valence-corrected chi connectivity index (χ4v) is 3.41. The molecule has 0 atom stereocenters. The van der Waals surface area contributed by atoms with Gasteiger partial charge in [0, 0.05) is 6.54 Å². The van der Waals surface area contributed by atoms with Gasteiger partial charge in [0.15, 0.2) is 0 Å². The fraction of sp³-hybridized carbons (Fsp3) is 0.700. The smallest absolute Gasteiger partial charge is 0.244 e. The minimum absolute atomic E-state index is 0.0153. The summed E-state index contributed by atoms with van der Waals surface area (Å²) in [5.74, 6) is 0. The van der Waals surface area contributed by atoms with E-state index in [1.54, 1.807) is 13.8 Å². The minimum Gasteiger partial charge on any atom is -0.330 e. The maximum absolute atomic E-state index is 12.1. The Bertz CT molecular complexity index is 497. The van der Waals surface area contributed by atoms with Crippen molar-refractivity contribution in [2.24, 2.45) is 11.1 Å². The topological polar surface area (TPSA) is 101 Å². The second kappa shape index (κ2) is 4.08. The zero-order valence-electron chi connectivity index (χ0n) is 10.1. The summed E-state index contributed by atoms with van der Waals surface area (Å²) in [6.07, 6.45) is 1.99. The first kappa shape index (κ1) is 12.5. The number of hydrogen-bond donors (Lipinski definition) is 3. The van der Waals surface area contributed by atoms with Crippen LogP contribution in [0, 0.1) is 19.3 Å². The summed E-state index contributed by atoms with van der Waals surface area (Å²) >= 11 is 0. The molecule has 0 spiro atoms. The molecule has 0 aliphatic heterocycles. The monoisotopic (exact) mass is 258 g/mol. The van der Waals surface area contributed by atoms with Crippen LogP contribution >= 0.6 is 0 Å². The molecule has 1 fully saturated rings. The van der Waals surface area contributed by atoms with Crippen LogP contribution in [0.1, 0.15) is 24.2 Å². The van der Waals surface area contributed by atoms with Gasteiger partial charge in [0.25, 0.3) is 0 Å². The van der Waals surface area contributed by atoms with E-state index in [0.717, 1.165) is 12.8 Å². The van der Waals surface area contributed by atoms with E-state index in [4.69, 9.17) is 5.73 Å². The molecular weight excluding hydrogens is 240 g/mol. The van der Waals surface area contributed by atoms with Crippen LogP contribution in [0.4, 0.5) is 0 Å². The molecule has 0 radical (unpaired) electrons. The Morgan fingerprint density at radius 2 is 2.12 bits per heavy atom. The summed E-state index contributed by atoms with van der Waals surface area (Å²) in [5, 5.41) is 6.57. The highest BCUT2D eigenvalue weighted by Gasteiger charge is 2.42. The van der Waals surface area contributed by atoms with Gasteiger partial charge in [0.2, 0.25) is 10.0 Å². The van der Waals surface area contributed by atoms with E-state index in [9.17, 15) is 8.42 Å². The summed E-state index contributed by atoms with van der Waals surface area (Å²) in [6.45, 7) is 4.31. The second-order valence-electron chi connectivity index (χ2n) is 4.79. The van der Waals surface area contributed by atoms with E-state index in [1.165, 1.54) is 0 Å². The number of nitrogens with zero attached hydrogens (tertiary/aromatic N) is 1. The maximum atomic E-state index is 12.1. The van der Waals surface area contributed by atoms with Gasteiger partial charge in [0.05, 0.1) is 11.4 Å². The minimum atomic E-state index is -3.48. The zero-order chi connectivity index (χ0) is 12.7. The predicted octanol–water partition coefficient (Wildman–Crippen LogP) is 0.0437. The Kier molecular flexibility index (Phi) is 3.01. The molecule has 96 valence electrons. The quantitative estimate of drug-likeness (QED) is 0.694. The third-order valence-corrected chi connectivity index (χ3v) is 5.02. The maximum Gasteiger partial charge on any atom is 0.244 e. The second-order valence-corrected chi connectivity index (χ2v) is 6.50. The molecule has 4 N–H and O–H groups in total. The van der Waals surface area contributed by atoms with Gasteiger partial charge in [-0.15, -0.1) is 0 Å². The number of rotatable bonds is 5. The van der Waals surface area contributed by atoms with Crippen LogP contribution in [0.15, 0.2) is 4.90 Å². The third-order valence-electron chi connectivity index (χ3n) is 3.36. The van der Waals surface area contributed by atoms with Crippen LogP contribution in [-0.2, 0) is 10.0 Å². The Morgan fingerprint density at radius 3 is 2.53 bits per heavy atom. The Balaban J connectivity index is 2.15. The van der Waals surface area contributed by atoms with E-state index in [1.807, 2.05) is 0 Å². The Hall–Kier alpha value is -0.920. The molecule has 6 nitrogen and oxygen atoms in total. The number of sulfonamides is 1. The predicted molar refractivity (Wildman–Crippen MR) is 64.0 cm³/mol. The van der Waals surface area contributed by atoms with Crippen molar-refractivity contribution in [2.75, 3.05) is 13.1 Å². The average molecular weight is 258 g/mol. The summed E-state index contributed by atoms with van der Waals surface area (Å²) in [4.78, 5) is 0.255. The van der Waals surface area contributed by atoms with Crippen molar-refractivity contribution < 1.29 is 8.42 Å². The lowest BCUT2D eigenvalue weighted by atomic mass is 10.1. The first-order chi connectivity index (χ1) is 7.90. The highest BCUT2D eigenvalue weighted by Crippen LogP contribution is 2.43. The molecule has 1 aliphatic carbocycles. The normalized spacial score (nSPS) is 18.3.